The summed E-state index contributed by atoms with van der Waals surface area (Å²) in [6.07, 6.45) is 2.82. The van der Waals surface area contributed by atoms with Gasteiger partial charge in [0.05, 0.1) is 19.1 Å². The average molecular weight is 241 g/mol. The van der Waals surface area contributed by atoms with E-state index in [1.807, 2.05) is 25.3 Å². The van der Waals surface area contributed by atoms with Gasteiger partial charge in [-0.1, -0.05) is 0 Å². The molecule has 2 N–H and O–H groups in total. The molecule has 0 saturated heterocycles. The van der Waals surface area contributed by atoms with Gasteiger partial charge in [0.25, 0.3) is 0 Å². The topological polar surface area (TPSA) is 44.5 Å². The lowest BCUT2D eigenvalue weighted by atomic mass is 10.1. The number of hydrogen-bond donors (Lipinski definition) is 1. The van der Waals surface area contributed by atoms with Crippen LogP contribution in [0.2, 0.25) is 0 Å². The van der Waals surface area contributed by atoms with E-state index in [4.69, 9.17) is 15.2 Å². The third-order valence-electron chi connectivity index (χ3n) is 2.35. The maximum atomic E-state index is 5.86. The molecule has 1 unspecified atom stereocenters. The number of hydrogen-bond acceptors (Lipinski definition) is 4. The third-order valence-corrected chi connectivity index (χ3v) is 3.21. The molecule has 0 aliphatic heterocycles. The highest BCUT2D eigenvalue weighted by Crippen LogP contribution is 2.37. The molecule has 3 nitrogen and oxygen atoms in total. The fourth-order valence-electron chi connectivity index (χ4n) is 1.68. The minimum Gasteiger partial charge on any atom is -0.496 e. The van der Waals surface area contributed by atoms with Crippen LogP contribution in [-0.4, -0.2) is 26.5 Å². The van der Waals surface area contributed by atoms with Crippen molar-refractivity contribution in [2.45, 2.75) is 24.3 Å². The second-order valence-electron chi connectivity index (χ2n) is 3.66. The Morgan fingerprint density at radius 1 is 1.25 bits per heavy atom. The normalized spacial score (nSPS) is 12.3. The van der Waals surface area contributed by atoms with E-state index in [0.29, 0.717) is 0 Å². The van der Waals surface area contributed by atoms with Gasteiger partial charge in [-0.3, -0.25) is 0 Å². The summed E-state index contributed by atoms with van der Waals surface area (Å²) in [5.74, 6) is 1.76. The van der Waals surface area contributed by atoms with Gasteiger partial charge < -0.3 is 15.2 Å². The Morgan fingerprint density at radius 3 is 2.25 bits per heavy atom. The molecule has 0 spiro atoms. The summed E-state index contributed by atoms with van der Waals surface area (Å²) in [5.41, 5.74) is 6.99. The van der Waals surface area contributed by atoms with E-state index >= 15 is 0 Å². The molecular formula is C12H19NO2S. The smallest absolute Gasteiger partial charge is 0.132 e. The van der Waals surface area contributed by atoms with Gasteiger partial charge >= 0.3 is 0 Å². The maximum absolute atomic E-state index is 5.86. The van der Waals surface area contributed by atoms with E-state index in [-0.39, 0.29) is 6.04 Å². The minimum atomic E-state index is 0.104. The lowest BCUT2D eigenvalue weighted by Crippen LogP contribution is -2.18. The van der Waals surface area contributed by atoms with Crippen LogP contribution in [-0.2, 0) is 6.42 Å². The Kier molecular flexibility index (Phi) is 4.96. The van der Waals surface area contributed by atoms with Gasteiger partial charge in [-0.25, -0.2) is 0 Å². The first-order valence-electron chi connectivity index (χ1n) is 5.17. The van der Waals surface area contributed by atoms with Crippen LogP contribution in [0.15, 0.2) is 17.0 Å². The van der Waals surface area contributed by atoms with Gasteiger partial charge in [0.1, 0.15) is 11.5 Å². The van der Waals surface area contributed by atoms with Crippen LogP contribution in [0.1, 0.15) is 12.5 Å². The highest BCUT2D eigenvalue weighted by molar-refractivity contribution is 7.98. The zero-order valence-corrected chi connectivity index (χ0v) is 11.1. The van der Waals surface area contributed by atoms with Crippen LogP contribution in [0.5, 0.6) is 11.5 Å². The first-order valence-corrected chi connectivity index (χ1v) is 6.40. The van der Waals surface area contributed by atoms with E-state index in [1.54, 1.807) is 26.0 Å². The zero-order chi connectivity index (χ0) is 12.1. The fraction of sp³-hybridized carbons (Fsp3) is 0.500. The predicted octanol–water partition coefficient (Wildman–Crippen LogP) is 2.32. The second-order valence-corrected chi connectivity index (χ2v) is 4.48. The molecule has 0 saturated carbocycles. The Hall–Kier alpha value is -0.870. The molecule has 0 fully saturated rings. The van der Waals surface area contributed by atoms with Gasteiger partial charge in [-0.15, -0.1) is 11.8 Å². The second kappa shape index (κ2) is 6.01. The summed E-state index contributed by atoms with van der Waals surface area (Å²) in [7, 11) is 3.35. The molecule has 1 aromatic rings. The Labute approximate surface area is 101 Å². The quantitative estimate of drug-likeness (QED) is 0.804. The van der Waals surface area contributed by atoms with Gasteiger partial charge in [0.2, 0.25) is 0 Å². The lowest BCUT2D eigenvalue weighted by Gasteiger charge is -2.17. The summed E-state index contributed by atoms with van der Waals surface area (Å²) in [4.78, 5) is 1.11. The molecule has 0 bridgehead atoms. The number of benzene rings is 1. The molecule has 0 radical (unpaired) electrons. The van der Waals surface area contributed by atoms with Crippen LogP contribution in [0, 0.1) is 0 Å². The van der Waals surface area contributed by atoms with Gasteiger partial charge in [-0.2, -0.15) is 0 Å². The van der Waals surface area contributed by atoms with E-state index in [9.17, 15) is 0 Å². The first-order chi connectivity index (χ1) is 7.63. The number of methoxy groups -OCH3 is 2. The van der Waals surface area contributed by atoms with Crippen LogP contribution >= 0.6 is 11.8 Å². The van der Waals surface area contributed by atoms with Crippen molar-refractivity contribution in [1.82, 2.24) is 0 Å². The van der Waals surface area contributed by atoms with Crippen molar-refractivity contribution in [2.75, 3.05) is 20.5 Å². The molecule has 0 aliphatic carbocycles. The predicted molar refractivity (Wildman–Crippen MR) is 68.7 cm³/mol. The van der Waals surface area contributed by atoms with E-state index in [0.717, 1.165) is 28.4 Å². The molecule has 1 aromatic carbocycles. The molecule has 0 aromatic heterocycles. The minimum absolute atomic E-state index is 0.104. The summed E-state index contributed by atoms with van der Waals surface area (Å²) >= 11 is 1.66. The maximum Gasteiger partial charge on any atom is 0.132 e. The molecule has 90 valence electrons. The summed E-state index contributed by atoms with van der Waals surface area (Å²) in [6, 6.07) is 3.96. The molecule has 16 heavy (non-hydrogen) atoms. The van der Waals surface area contributed by atoms with Crippen molar-refractivity contribution in [3.63, 3.8) is 0 Å². The SMILES string of the molecule is COc1ccc(OC)c(SC)c1CC(C)N. The van der Waals surface area contributed by atoms with Crippen molar-refractivity contribution in [3.8, 4) is 11.5 Å². The highest BCUT2D eigenvalue weighted by Gasteiger charge is 2.15. The van der Waals surface area contributed by atoms with E-state index < -0.39 is 0 Å². The van der Waals surface area contributed by atoms with E-state index in [1.165, 1.54) is 0 Å². The van der Waals surface area contributed by atoms with Crippen LogP contribution in [0.3, 0.4) is 0 Å². The molecule has 1 rings (SSSR count). The largest absolute Gasteiger partial charge is 0.496 e. The Morgan fingerprint density at radius 2 is 1.81 bits per heavy atom. The van der Waals surface area contributed by atoms with Crippen molar-refractivity contribution in [2.24, 2.45) is 5.73 Å². The number of thioether (sulfide) groups is 1. The molecule has 4 heteroatoms. The third kappa shape index (κ3) is 2.83. The van der Waals surface area contributed by atoms with Crippen molar-refractivity contribution in [1.29, 1.82) is 0 Å². The standard InChI is InChI=1S/C12H19NO2S/c1-8(13)7-9-10(14-2)5-6-11(15-3)12(9)16-4/h5-6,8H,7,13H2,1-4H3. The fourth-order valence-corrected chi connectivity index (χ4v) is 2.46. The molecular weight excluding hydrogens is 222 g/mol. The van der Waals surface area contributed by atoms with Gasteiger partial charge in [0.15, 0.2) is 0 Å². The Balaban J connectivity index is 3.25. The zero-order valence-electron chi connectivity index (χ0n) is 10.2. The summed E-state index contributed by atoms with van der Waals surface area (Å²) in [6.45, 7) is 1.99. The van der Waals surface area contributed by atoms with Gasteiger partial charge in [0, 0.05) is 11.6 Å². The van der Waals surface area contributed by atoms with Crippen LogP contribution < -0.4 is 15.2 Å². The molecule has 0 heterocycles. The number of ether oxygens (including phenoxy) is 2. The van der Waals surface area contributed by atoms with Crippen molar-refractivity contribution >= 4 is 11.8 Å². The van der Waals surface area contributed by atoms with Crippen molar-refractivity contribution < 1.29 is 9.47 Å². The van der Waals surface area contributed by atoms with Gasteiger partial charge in [-0.05, 0) is 31.7 Å². The monoisotopic (exact) mass is 241 g/mol. The number of rotatable bonds is 5. The summed E-state index contributed by atoms with van der Waals surface area (Å²) < 4.78 is 10.7. The first kappa shape index (κ1) is 13.2. The molecule has 0 aliphatic rings. The van der Waals surface area contributed by atoms with E-state index in [2.05, 4.69) is 0 Å². The molecule has 0 amide bonds. The Bertz CT molecular complexity index is 353. The van der Waals surface area contributed by atoms with Crippen LogP contribution in [0.25, 0.3) is 0 Å². The average Bonchev–Trinajstić information content (AvgIpc) is 2.27. The number of nitrogens with two attached hydrogens (primary N) is 1. The summed E-state index contributed by atoms with van der Waals surface area (Å²) in [5, 5.41) is 0. The lowest BCUT2D eigenvalue weighted by molar-refractivity contribution is 0.388. The highest BCUT2D eigenvalue weighted by atomic mass is 32.2. The van der Waals surface area contributed by atoms with Crippen molar-refractivity contribution in [3.05, 3.63) is 17.7 Å². The molecule has 1 atom stereocenters. The van der Waals surface area contributed by atoms with Crippen LogP contribution in [0.4, 0.5) is 0 Å².